The minimum absolute atomic E-state index is 0.0665. The lowest BCUT2D eigenvalue weighted by molar-refractivity contribution is 0.592. The van der Waals surface area contributed by atoms with Gasteiger partial charge in [-0.25, -0.2) is 4.98 Å². The molecule has 0 aromatic carbocycles. The van der Waals surface area contributed by atoms with Gasteiger partial charge in [0.1, 0.15) is 10.3 Å². The zero-order valence-electron chi connectivity index (χ0n) is 10.5. The molecule has 1 aromatic rings. The van der Waals surface area contributed by atoms with Crippen molar-refractivity contribution in [2.24, 2.45) is 0 Å². The van der Waals surface area contributed by atoms with Crippen LogP contribution in [-0.2, 0) is 6.54 Å². The van der Waals surface area contributed by atoms with Gasteiger partial charge in [0.2, 0.25) is 0 Å². The lowest BCUT2D eigenvalue weighted by atomic mass is 10.2. The van der Waals surface area contributed by atoms with E-state index < -0.39 is 0 Å². The lowest BCUT2D eigenvalue weighted by Crippen LogP contribution is -2.29. The molecule has 94 valence electrons. The summed E-state index contributed by atoms with van der Waals surface area (Å²) < 4.78 is 2.10. The van der Waals surface area contributed by atoms with Crippen LogP contribution in [0.15, 0.2) is 27.6 Å². The van der Waals surface area contributed by atoms with E-state index in [9.17, 15) is 4.79 Å². The Hall–Kier alpha value is -0.940. The molecule has 0 amide bonds. The second-order valence-corrected chi connectivity index (χ2v) is 5.18. The quantitative estimate of drug-likeness (QED) is 0.845. The van der Waals surface area contributed by atoms with Gasteiger partial charge in [0.05, 0.1) is 0 Å². The highest BCUT2D eigenvalue weighted by atomic mass is 79.9. The second kappa shape index (κ2) is 6.12. The maximum absolute atomic E-state index is 11.9. The number of aromatic nitrogens is 2. The maximum Gasteiger partial charge on any atom is 0.268 e. The summed E-state index contributed by atoms with van der Waals surface area (Å²) in [6.45, 7) is 11.1. The minimum atomic E-state index is -0.0665. The standard InChI is InChI=1S/C12H18BrN3O/c1-8(2)14-5-9(3)7-16-10(4)15-6-11(13)12(16)17/h6,8,14H,3,5,7H2,1-2,4H3. The molecule has 0 unspecified atom stereocenters. The average molecular weight is 300 g/mol. The van der Waals surface area contributed by atoms with Gasteiger partial charge in [-0.1, -0.05) is 20.4 Å². The van der Waals surface area contributed by atoms with Gasteiger partial charge in [-0.05, 0) is 28.4 Å². The van der Waals surface area contributed by atoms with Crippen LogP contribution < -0.4 is 10.9 Å². The summed E-state index contributed by atoms with van der Waals surface area (Å²) >= 11 is 3.19. The van der Waals surface area contributed by atoms with Crippen molar-refractivity contribution < 1.29 is 0 Å². The van der Waals surface area contributed by atoms with Gasteiger partial charge in [-0.3, -0.25) is 9.36 Å². The summed E-state index contributed by atoms with van der Waals surface area (Å²) in [5.41, 5.74) is 0.895. The topological polar surface area (TPSA) is 46.9 Å². The first-order valence-corrected chi connectivity index (χ1v) is 6.33. The molecular formula is C12H18BrN3O. The SMILES string of the molecule is C=C(CNC(C)C)Cn1c(C)ncc(Br)c1=O. The van der Waals surface area contributed by atoms with Crippen LogP contribution in [0.4, 0.5) is 0 Å². The molecule has 0 bridgehead atoms. The first kappa shape index (κ1) is 14.1. The van der Waals surface area contributed by atoms with Gasteiger partial charge in [-0.2, -0.15) is 0 Å². The highest BCUT2D eigenvalue weighted by molar-refractivity contribution is 9.10. The van der Waals surface area contributed by atoms with E-state index in [1.165, 1.54) is 6.20 Å². The lowest BCUT2D eigenvalue weighted by Gasteiger charge is -2.13. The molecule has 0 saturated heterocycles. The highest BCUT2D eigenvalue weighted by Gasteiger charge is 2.06. The fourth-order valence-corrected chi connectivity index (χ4v) is 1.68. The molecule has 4 nitrogen and oxygen atoms in total. The third-order valence-electron chi connectivity index (χ3n) is 2.35. The van der Waals surface area contributed by atoms with Gasteiger partial charge in [-0.15, -0.1) is 0 Å². The summed E-state index contributed by atoms with van der Waals surface area (Å²) in [7, 11) is 0. The van der Waals surface area contributed by atoms with Gasteiger partial charge in [0.15, 0.2) is 0 Å². The first-order chi connectivity index (χ1) is 7.91. The number of hydrogen-bond donors (Lipinski definition) is 1. The Morgan fingerprint density at radius 2 is 2.29 bits per heavy atom. The molecule has 17 heavy (non-hydrogen) atoms. The molecule has 5 heteroatoms. The first-order valence-electron chi connectivity index (χ1n) is 5.53. The van der Waals surface area contributed by atoms with Crippen molar-refractivity contribution in [1.82, 2.24) is 14.9 Å². The van der Waals surface area contributed by atoms with E-state index >= 15 is 0 Å². The van der Waals surface area contributed by atoms with Crippen LogP contribution in [0.2, 0.25) is 0 Å². The van der Waals surface area contributed by atoms with Crippen LogP contribution in [0, 0.1) is 6.92 Å². The number of nitrogens with one attached hydrogen (secondary N) is 1. The van der Waals surface area contributed by atoms with E-state index in [1.54, 1.807) is 4.57 Å². The molecule has 1 N–H and O–H groups in total. The average Bonchev–Trinajstić information content (AvgIpc) is 2.27. The number of aryl methyl sites for hydroxylation is 1. The van der Waals surface area contributed by atoms with E-state index in [2.05, 4.69) is 46.7 Å². The Balaban J connectivity index is 2.78. The van der Waals surface area contributed by atoms with E-state index in [4.69, 9.17) is 0 Å². The van der Waals surface area contributed by atoms with Crippen molar-refractivity contribution >= 4 is 15.9 Å². The molecule has 1 heterocycles. The fourth-order valence-electron chi connectivity index (χ4n) is 1.37. The third kappa shape index (κ3) is 4.09. The van der Waals surface area contributed by atoms with Crippen LogP contribution >= 0.6 is 15.9 Å². The Labute approximate surface area is 110 Å². The zero-order chi connectivity index (χ0) is 13.0. The molecule has 1 aromatic heterocycles. The number of rotatable bonds is 5. The monoisotopic (exact) mass is 299 g/mol. The van der Waals surface area contributed by atoms with Crippen LogP contribution in [0.25, 0.3) is 0 Å². The van der Waals surface area contributed by atoms with E-state index in [-0.39, 0.29) is 5.56 Å². The summed E-state index contributed by atoms with van der Waals surface area (Å²) in [6.07, 6.45) is 1.53. The predicted molar refractivity (Wildman–Crippen MR) is 73.2 cm³/mol. The number of hydrogen-bond acceptors (Lipinski definition) is 3. The summed E-state index contributed by atoms with van der Waals surface area (Å²) in [5, 5.41) is 3.27. The van der Waals surface area contributed by atoms with Crippen LogP contribution in [0.3, 0.4) is 0 Å². The fraction of sp³-hybridized carbons (Fsp3) is 0.500. The largest absolute Gasteiger partial charge is 0.311 e. The van der Waals surface area contributed by atoms with Crippen LogP contribution in [0.5, 0.6) is 0 Å². The molecule has 0 aliphatic heterocycles. The van der Waals surface area contributed by atoms with Crippen molar-refractivity contribution in [3.63, 3.8) is 0 Å². The molecular weight excluding hydrogens is 282 g/mol. The molecule has 0 aliphatic rings. The molecule has 0 saturated carbocycles. The Morgan fingerprint density at radius 3 is 2.88 bits per heavy atom. The number of halogens is 1. The molecule has 0 aliphatic carbocycles. The van der Waals surface area contributed by atoms with Crippen LogP contribution in [0.1, 0.15) is 19.7 Å². The van der Waals surface area contributed by atoms with Gasteiger partial charge in [0, 0.05) is 25.3 Å². The molecule has 0 atom stereocenters. The summed E-state index contributed by atoms with van der Waals surface area (Å²) in [4.78, 5) is 16.0. The predicted octanol–water partition coefficient (Wildman–Crippen LogP) is 1.87. The Bertz CT molecular complexity index is 465. The van der Waals surface area contributed by atoms with Gasteiger partial charge >= 0.3 is 0 Å². The smallest absolute Gasteiger partial charge is 0.268 e. The van der Waals surface area contributed by atoms with Gasteiger partial charge in [0.25, 0.3) is 5.56 Å². The zero-order valence-corrected chi connectivity index (χ0v) is 12.0. The van der Waals surface area contributed by atoms with Crippen molar-refractivity contribution in [2.45, 2.75) is 33.4 Å². The van der Waals surface area contributed by atoms with E-state index in [0.717, 1.165) is 5.57 Å². The van der Waals surface area contributed by atoms with Crippen molar-refractivity contribution in [3.05, 3.63) is 39.0 Å². The van der Waals surface area contributed by atoms with Crippen molar-refractivity contribution in [2.75, 3.05) is 6.54 Å². The molecule has 1 rings (SSSR count). The molecule has 0 spiro atoms. The highest BCUT2D eigenvalue weighted by Crippen LogP contribution is 2.03. The van der Waals surface area contributed by atoms with Gasteiger partial charge < -0.3 is 5.32 Å². The number of nitrogens with zero attached hydrogens (tertiary/aromatic N) is 2. The van der Waals surface area contributed by atoms with Crippen LogP contribution in [-0.4, -0.2) is 22.1 Å². The third-order valence-corrected chi connectivity index (χ3v) is 2.89. The molecule has 0 fully saturated rings. The minimum Gasteiger partial charge on any atom is -0.311 e. The summed E-state index contributed by atoms with van der Waals surface area (Å²) in [5.74, 6) is 0.698. The summed E-state index contributed by atoms with van der Waals surface area (Å²) in [6, 6.07) is 0.408. The van der Waals surface area contributed by atoms with E-state index in [0.29, 0.717) is 29.4 Å². The Morgan fingerprint density at radius 1 is 1.65 bits per heavy atom. The normalized spacial score (nSPS) is 10.9. The second-order valence-electron chi connectivity index (χ2n) is 4.33. The maximum atomic E-state index is 11.9. The Kier molecular flexibility index (Phi) is 5.08. The van der Waals surface area contributed by atoms with Crippen molar-refractivity contribution in [1.29, 1.82) is 0 Å². The molecule has 0 radical (unpaired) electrons. The van der Waals surface area contributed by atoms with Crippen molar-refractivity contribution in [3.8, 4) is 0 Å². The van der Waals surface area contributed by atoms with E-state index in [1.807, 2.05) is 6.92 Å².